The van der Waals surface area contributed by atoms with Crippen molar-refractivity contribution in [3.8, 4) is 0 Å². The van der Waals surface area contributed by atoms with E-state index in [4.69, 9.17) is 10.7 Å². The summed E-state index contributed by atoms with van der Waals surface area (Å²) < 4.78 is 2.34. The van der Waals surface area contributed by atoms with Crippen molar-refractivity contribution < 1.29 is 0 Å². The van der Waals surface area contributed by atoms with Gasteiger partial charge in [0.1, 0.15) is 5.01 Å². The quantitative estimate of drug-likeness (QED) is 0.683. The van der Waals surface area contributed by atoms with Crippen molar-refractivity contribution in [2.24, 2.45) is 0 Å². The van der Waals surface area contributed by atoms with Crippen LogP contribution in [0.15, 0.2) is 46.9 Å². The molecule has 0 unspecified atom stereocenters. The molecule has 3 aromatic rings. The standard InChI is InChI=1S/C16H13BrN2S/c17-11-3-6-14-13(9-11)19-15(20-14)16(7-8-16)10-1-4-12(18)5-2-10/h1-6,9H,7-8,18H2. The molecule has 1 saturated carbocycles. The van der Waals surface area contributed by atoms with Gasteiger partial charge in [-0.2, -0.15) is 0 Å². The first kappa shape index (κ1) is 12.4. The van der Waals surface area contributed by atoms with Gasteiger partial charge in [0.15, 0.2) is 0 Å². The average Bonchev–Trinajstić information content (AvgIpc) is 3.14. The highest BCUT2D eigenvalue weighted by atomic mass is 79.9. The SMILES string of the molecule is Nc1ccc(C2(c3nc4cc(Br)ccc4s3)CC2)cc1. The fourth-order valence-corrected chi connectivity index (χ4v) is 4.22. The molecule has 0 amide bonds. The molecule has 0 bridgehead atoms. The Morgan fingerprint density at radius 2 is 1.85 bits per heavy atom. The van der Waals surface area contributed by atoms with Crippen LogP contribution in [0.2, 0.25) is 0 Å². The van der Waals surface area contributed by atoms with Crippen molar-refractivity contribution in [2.75, 3.05) is 5.73 Å². The van der Waals surface area contributed by atoms with Gasteiger partial charge in [0, 0.05) is 15.6 Å². The van der Waals surface area contributed by atoms with Crippen LogP contribution in [-0.2, 0) is 5.41 Å². The zero-order chi connectivity index (χ0) is 13.7. The van der Waals surface area contributed by atoms with Crippen LogP contribution in [0, 0.1) is 0 Å². The number of anilines is 1. The minimum Gasteiger partial charge on any atom is -0.399 e. The lowest BCUT2D eigenvalue weighted by atomic mass is 9.96. The lowest BCUT2D eigenvalue weighted by Crippen LogP contribution is -2.07. The third-order valence-electron chi connectivity index (χ3n) is 3.97. The second-order valence-corrected chi connectivity index (χ2v) is 7.28. The summed E-state index contributed by atoms with van der Waals surface area (Å²) >= 11 is 5.32. The van der Waals surface area contributed by atoms with E-state index < -0.39 is 0 Å². The number of nitrogens with two attached hydrogens (primary N) is 1. The molecule has 100 valence electrons. The van der Waals surface area contributed by atoms with Crippen molar-refractivity contribution in [1.29, 1.82) is 0 Å². The van der Waals surface area contributed by atoms with Crippen LogP contribution in [0.5, 0.6) is 0 Å². The Morgan fingerprint density at radius 3 is 2.55 bits per heavy atom. The molecule has 2 aromatic carbocycles. The van der Waals surface area contributed by atoms with E-state index in [1.54, 1.807) is 0 Å². The van der Waals surface area contributed by atoms with E-state index in [0.717, 1.165) is 15.7 Å². The van der Waals surface area contributed by atoms with Crippen molar-refractivity contribution in [3.05, 3.63) is 57.5 Å². The highest BCUT2D eigenvalue weighted by Crippen LogP contribution is 2.55. The largest absolute Gasteiger partial charge is 0.399 e. The summed E-state index contributed by atoms with van der Waals surface area (Å²) in [4.78, 5) is 4.86. The lowest BCUT2D eigenvalue weighted by molar-refractivity contribution is 0.838. The third kappa shape index (κ3) is 1.86. The molecule has 0 radical (unpaired) electrons. The lowest BCUT2D eigenvalue weighted by Gasteiger charge is -2.12. The molecule has 1 aliphatic carbocycles. The summed E-state index contributed by atoms with van der Waals surface area (Å²) in [6, 6.07) is 14.6. The van der Waals surface area contributed by atoms with Gasteiger partial charge in [0.2, 0.25) is 0 Å². The van der Waals surface area contributed by atoms with Gasteiger partial charge in [0.05, 0.1) is 10.2 Å². The van der Waals surface area contributed by atoms with Crippen LogP contribution in [0.3, 0.4) is 0 Å². The van der Waals surface area contributed by atoms with Gasteiger partial charge in [-0.1, -0.05) is 28.1 Å². The normalized spacial score (nSPS) is 16.4. The van der Waals surface area contributed by atoms with E-state index in [-0.39, 0.29) is 5.41 Å². The van der Waals surface area contributed by atoms with Crippen LogP contribution < -0.4 is 5.73 Å². The minimum atomic E-state index is 0.129. The maximum Gasteiger partial charge on any atom is 0.104 e. The Balaban J connectivity index is 1.83. The second kappa shape index (κ2) is 4.30. The predicted molar refractivity (Wildman–Crippen MR) is 88.2 cm³/mol. The third-order valence-corrected chi connectivity index (χ3v) is 5.71. The smallest absolute Gasteiger partial charge is 0.104 e. The summed E-state index contributed by atoms with van der Waals surface area (Å²) in [7, 11) is 0. The van der Waals surface area contributed by atoms with Crippen molar-refractivity contribution in [2.45, 2.75) is 18.3 Å². The van der Waals surface area contributed by atoms with Gasteiger partial charge in [-0.25, -0.2) is 4.98 Å². The number of benzene rings is 2. The minimum absolute atomic E-state index is 0.129. The van der Waals surface area contributed by atoms with Crippen LogP contribution in [0.1, 0.15) is 23.4 Å². The molecule has 2 nitrogen and oxygen atoms in total. The molecule has 2 N–H and O–H groups in total. The van der Waals surface area contributed by atoms with Crippen molar-refractivity contribution in [1.82, 2.24) is 4.98 Å². The zero-order valence-corrected chi connectivity index (χ0v) is 13.2. The summed E-state index contributed by atoms with van der Waals surface area (Å²) in [6.07, 6.45) is 2.36. The number of thiazole rings is 1. The first-order chi connectivity index (χ1) is 9.67. The topological polar surface area (TPSA) is 38.9 Å². The van der Waals surface area contributed by atoms with Crippen LogP contribution in [-0.4, -0.2) is 4.98 Å². The first-order valence-corrected chi connectivity index (χ1v) is 8.21. The van der Waals surface area contributed by atoms with Crippen molar-refractivity contribution in [3.63, 3.8) is 0 Å². The van der Waals surface area contributed by atoms with Crippen molar-refractivity contribution >= 4 is 43.2 Å². The monoisotopic (exact) mass is 344 g/mol. The summed E-state index contributed by atoms with van der Waals surface area (Å²) in [5, 5.41) is 1.23. The average molecular weight is 345 g/mol. The van der Waals surface area contributed by atoms with Crippen LogP contribution in [0.4, 0.5) is 5.69 Å². The molecule has 0 spiro atoms. The van der Waals surface area contributed by atoms with E-state index in [1.165, 1.54) is 28.1 Å². The fourth-order valence-electron chi connectivity index (χ4n) is 2.66. The highest BCUT2D eigenvalue weighted by molar-refractivity contribution is 9.10. The molecule has 0 atom stereocenters. The Morgan fingerprint density at radius 1 is 1.10 bits per heavy atom. The number of nitrogens with zero attached hydrogens (tertiary/aromatic N) is 1. The molecule has 0 aliphatic heterocycles. The molecular formula is C16H13BrN2S. The van der Waals surface area contributed by atoms with Crippen LogP contribution in [0.25, 0.3) is 10.2 Å². The van der Waals surface area contributed by atoms with Gasteiger partial charge in [0.25, 0.3) is 0 Å². The molecule has 1 heterocycles. The van der Waals surface area contributed by atoms with Gasteiger partial charge in [-0.3, -0.25) is 0 Å². The van der Waals surface area contributed by atoms with Crippen LogP contribution >= 0.6 is 27.3 Å². The van der Waals surface area contributed by atoms with Gasteiger partial charge in [-0.05, 0) is 48.7 Å². The number of hydrogen-bond donors (Lipinski definition) is 1. The second-order valence-electron chi connectivity index (χ2n) is 5.34. The summed E-state index contributed by atoms with van der Waals surface area (Å²) in [5.41, 5.74) is 9.16. The number of rotatable bonds is 2. The first-order valence-electron chi connectivity index (χ1n) is 6.60. The van der Waals surface area contributed by atoms with E-state index in [2.05, 4.69) is 46.3 Å². The summed E-state index contributed by atoms with van der Waals surface area (Å²) in [5.74, 6) is 0. The summed E-state index contributed by atoms with van der Waals surface area (Å²) in [6.45, 7) is 0. The molecule has 1 aliphatic rings. The fraction of sp³-hybridized carbons (Fsp3) is 0.188. The number of halogens is 1. The maximum atomic E-state index is 5.79. The predicted octanol–water partition coefficient (Wildman–Crippen LogP) is 4.72. The Hall–Kier alpha value is -1.39. The zero-order valence-electron chi connectivity index (χ0n) is 10.8. The van der Waals surface area contributed by atoms with Gasteiger partial charge < -0.3 is 5.73 Å². The molecular weight excluding hydrogens is 332 g/mol. The highest BCUT2D eigenvalue weighted by Gasteiger charge is 2.48. The molecule has 4 heteroatoms. The molecule has 1 fully saturated rings. The number of aromatic nitrogens is 1. The molecule has 4 rings (SSSR count). The number of fused-ring (bicyclic) bond motifs is 1. The Kier molecular flexibility index (Phi) is 2.66. The molecule has 0 saturated heterocycles. The maximum absolute atomic E-state index is 5.79. The van der Waals surface area contributed by atoms with E-state index in [1.807, 2.05) is 23.5 Å². The van der Waals surface area contributed by atoms with Gasteiger partial charge >= 0.3 is 0 Å². The van der Waals surface area contributed by atoms with E-state index >= 15 is 0 Å². The molecule has 20 heavy (non-hydrogen) atoms. The Bertz CT molecular complexity index is 788. The Labute approximate surface area is 129 Å². The molecule has 1 aromatic heterocycles. The van der Waals surface area contributed by atoms with Gasteiger partial charge in [-0.15, -0.1) is 11.3 Å². The van der Waals surface area contributed by atoms with E-state index in [9.17, 15) is 0 Å². The van der Waals surface area contributed by atoms with E-state index in [0.29, 0.717) is 0 Å². The number of hydrogen-bond acceptors (Lipinski definition) is 3. The number of nitrogen functional groups attached to an aromatic ring is 1.